The van der Waals surface area contributed by atoms with E-state index in [0.29, 0.717) is 22.4 Å². The van der Waals surface area contributed by atoms with Gasteiger partial charge in [-0.25, -0.2) is 9.37 Å². The fraction of sp³-hybridized carbons (Fsp3) is 0.125. The summed E-state index contributed by atoms with van der Waals surface area (Å²) in [5, 5.41) is 0.410. The topological polar surface area (TPSA) is 63.4 Å². The molecule has 148 valence electrons. The van der Waals surface area contributed by atoms with Crippen LogP contribution in [0.15, 0.2) is 70.0 Å². The van der Waals surface area contributed by atoms with Crippen LogP contribution in [-0.4, -0.2) is 10.9 Å². The number of amides is 1. The predicted molar refractivity (Wildman–Crippen MR) is 111 cm³/mol. The molecule has 2 aromatic carbocycles. The first kappa shape index (κ1) is 18.2. The molecule has 0 aliphatic carbocycles. The SMILES string of the molecule is Cc1ccnc(N2C(=O)c3oc4ccc(C)cc4c(=O)c3C2c2ccc(F)cc2)c1. The third-order valence-corrected chi connectivity index (χ3v) is 5.36. The number of carbonyl (C=O) groups excluding carboxylic acids is 1. The number of anilines is 1. The highest BCUT2D eigenvalue weighted by Crippen LogP contribution is 2.40. The number of halogens is 1. The van der Waals surface area contributed by atoms with Crippen LogP contribution in [0.25, 0.3) is 11.0 Å². The zero-order valence-corrected chi connectivity index (χ0v) is 16.3. The van der Waals surface area contributed by atoms with Crippen molar-refractivity contribution in [1.29, 1.82) is 0 Å². The van der Waals surface area contributed by atoms with E-state index in [-0.39, 0.29) is 16.8 Å². The van der Waals surface area contributed by atoms with Crippen LogP contribution in [-0.2, 0) is 0 Å². The van der Waals surface area contributed by atoms with Gasteiger partial charge in [0.1, 0.15) is 17.2 Å². The molecule has 5 rings (SSSR count). The fourth-order valence-corrected chi connectivity index (χ4v) is 3.94. The van der Waals surface area contributed by atoms with Crippen molar-refractivity contribution in [2.75, 3.05) is 4.90 Å². The van der Waals surface area contributed by atoms with Crippen LogP contribution in [0.2, 0.25) is 0 Å². The monoisotopic (exact) mass is 400 g/mol. The van der Waals surface area contributed by atoms with Gasteiger partial charge in [-0.2, -0.15) is 0 Å². The van der Waals surface area contributed by atoms with Gasteiger partial charge in [0.2, 0.25) is 5.76 Å². The summed E-state index contributed by atoms with van der Waals surface area (Å²) >= 11 is 0. The van der Waals surface area contributed by atoms with Crippen LogP contribution in [0, 0.1) is 19.7 Å². The summed E-state index contributed by atoms with van der Waals surface area (Å²) in [5.74, 6) is -0.448. The van der Waals surface area contributed by atoms with Crippen LogP contribution in [0.4, 0.5) is 10.2 Å². The summed E-state index contributed by atoms with van der Waals surface area (Å²) in [6.45, 7) is 3.78. The van der Waals surface area contributed by atoms with Crippen LogP contribution in [0.5, 0.6) is 0 Å². The van der Waals surface area contributed by atoms with Crippen LogP contribution in [0.1, 0.15) is 38.9 Å². The van der Waals surface area contributed by atoms with Crippen molar-refractivity contribution >= 4 is 22.7 Å². The van der Waals surface area contributed by atoms with Gasteiger partial charge < -0.3 is 4.42 Å². The van der Waals surface area contributed by atoms with Crippen molar-refractivity contribution in [1.82, 2.24) is 4.98 Å². The number of hydrogen-bond donors (Lipinski definition) is 0. The molecule has 3 heterocycles. The Hall–Kier alpha value is -3.80. The fourth-order valence-electron chi connectivity index (χ4n) is 3.94. The maximum Gasteiger partial charge on any atom is 0.296 e. The molecule has 6 heteroatoms. The third kappa shape index (κ3) is 2.72. The number of rotatable bonds is 2. The largest absolute Gasteiger partial charge is 0.450 e. The van der Waals surface area contributed by atoms with E-state index >= 15 is 0 Å². The molecule has 1 amide bonds. The Bertz CT molecular complexity index is 1380. The molecule has 0 fully saturated rings. The third-order valence-electron chi connectivity index (χ3n) is 5.36. The minimum absolute atomic E-state index is 0.00557. The first-order valence-corrected chi connectivity index (χ1v) is 9.53. The van der Waals surface area contributed by atoms with E-state index in [2.05, 4.69) is 4.98 Å². The molecular formula is C24H17FN2O3. The molecule has 1 aliphatic heterocycles. The lowest BCUT2D eigenvalue weighted by Gasteiger charge is -2.24. The van der Waals surface area contributed by atoms with Gasteiger partial charge in [-0.05, 0) is 61.4 Å². The molecular weight excluding hydrogens is 383 g/mol. The first-order valence-electron chi connectivity index (χ1n) is 9.53. The van der Waals surface area contributed by atoms with E-state index < -0.39 is 17.8 Å². The molecule has 0 N–H and O–H groups in total. The number of pyridine rings is 1. The van der Waals surface area contributed by atoms with Crippen molar-refractivity contribution in [2.45, 2.75) is 19.9 Å². The molecule has 0 saturated heterocycles. The van der Waals surface area contributed by atoms with Crippen LogP contribution < -0.4 is 10.3 Å². The van der Waals surface area contributed by atoms with Crippen molar-refractivity contribution < 1.29 is 13.6 Å². The molecule has 30 heavy (non-hydrogen) atoms. The van der Waals surface area contributed by atoms with E-state index in [1.165, 1.54) is 17.0 Å². The molecule has 1 atom stereocenters. The average molecular weight is 400 g/mol. The summed E-state index contributed by atoms with van der Waals surface area (Å²) in [7, 11) is 0. The van der Waals surface area contributed by atoms with E-state index in [0.717, 1.165) is 11.1 Å². The van der Waals surface area contributed by atoms with Crippen molar-refractivity contribution in [3.63, 3.8) is 0 Å². The molecule has 0 bridgehead atoms. The van der Waals surface area contributed by atoms with Gasteiger partial charge in [0.05, 0.1) is 17.0 Å². The van der Waals surface area contributed by atoms with Gasteiger partial charge in [0.25, 0.3) is 5.91 Å². The highest BCUT2D eigenvalue weighted by Gasteiger charge is 2.44. The Morgan fingerprint density at radius 2 is 1.70 bits per heavy atom. The lowest BCUT2D eigenvalue weighted by Crippen LogP contribution is -2.30. The van der Waals surface area contributed by atoms with Crippen molar-refractivity contribution in [2.24, 2.45) is 0 Å². The highest BCUT2D eigenvalue weighted by atomic mass is 19.1. The first-order chi connectivity index (χ1) is 14.4. The standard InChI is InChI=1S/C24H17FN2O3/c1-13-3-8-18-17(11-13)22(28)20-21(15-4-6-16(25)7-5-15)27(24(29)23(20)30-18)19-12-14(2)9-10-26-19/h3-12,21H,1-2H3. The molecule has 0 spiro atoms. The molecule has 1 unspecified atom stereocenters. The lowest BCUT2D eigenvalue weighted by atomic mass is 9.98. The second-order valence-electron chi connectivity index (χ2n) is 7.49. The smallest absolute Gasteiger partial charge is 0.296 e. The Labute approximate surface area is 171 Å². The quantitative estimate of drug-likeness (QED) is 0.490. The van der Waals surface area contributed by atoms with E-state index in [4.69, 9.17) is 4.42 Å². The number of nitrogens with zero attached hydrogens (tertiary/aromatic N) is 2. The van der Waals surface area contributed by atoms with Crippen molar-refractivity contribution in [3.05, 3.63) is 105 Å². The maximum absolute atomic E-state index is 13.6. The minimum atomic E-state index is -0.761. The number of hydrogen-bond acceptors (Lipinski definition) is 4. The number of carbonyl (C=O) groups is 1. The Morgan fingerprint density at radius 1 is 0.967 bits per heavy atom. The van der Waals surface area contributed by atoms with Gasteiger partial charge in [0, 0.05) is 6.20 Å². The zero-order valence-electron chi connectivity index (χ0n) is 16.3. The molecule has 2 aromatic heterocycles. The van der Waals surface area contributed by atoms with Crippen molar-refractivity contribution in [3.8, 4) is 0 Å². The molecule has 4 aromatic rings. The molecule has 0 saturated carbocycles. The summed E-state index contributed by atoms with van der Waals surface area (Å²) in [5.41, 5.74) is 2.76. The Balaban J connectivity index is 1.83. The van der Waals surface area contributed by atoms with E-state index in [1.54, 1.807) is 36.5 Å². The number of aryl methyl sites for hydroxylation is 2. The summed E-state index contributed by atoms with van der Waals surface area (Å²) < 4.78 is 19.5. The second-order valence-corrected chi connectivity index (χ2v) is 7.49. The second kappa shape index (κ2) is 6.62. The highest BCUT2D eigenvalue weighted by molar-refractivity contribution is 6.10. The van der Waals surface area contributed by atoms with Crippen LogP contribution >= 0.6 is 0 Å². The number of benzene rings is 2. The van der Waals surface area contributed by atoms with Gasteiger partial charge in [-0.15, -0.1) is 0 Å². The molecule has 1 aliphatic rings. The van der Waals surface area contributed by atoms with Gasteiger partial charge in [-0.1, -0.05) is 23.8 Å². The minimum Gasteiger partial charge on any atom is -0.450 e. The molecule has 5 nitrogen and oxygen atoms in total. The summed E-state index contributed by atoms with van der Waals surface area (Å²) in [6.07, 6.45) is 1.61. The molecule has 0 radical (unpaired) electrons. The summed E-state index contributed by atoms with van der Waals surface area (Å²) in [6, 6.07) is 13.9. The predicted octanol–water partition coefficient (Wildman–Crippen LogP) is 4.69. The average Bonchev–Trinajstić information content (AvgIpc) is 3.02. The van der Waals surface area contributed by atoms with Crippen LogP contribution in [0.3, 0.4) is 0 Å². The van der Waals surface area contributed by atoms with Gasteiger partial charge >= 0.3 is 0 Å². The van der Waals surface area contributed by atoms with E-state index in [9.17, 15) is 14.0 Å². The normalized spacial score (nSPS) is 15.6. The zero-order chi connectivity index (χ0) is 21.0. The van der Waals surface area contributed by atoms with E-state index in [1.807, 2.05) is 26.0 Å². The Kier molecular flexibility index (Phi) is 4.03. The maximum atomic E-state index is 13.6. The van der Waals surface area contributed by atoms with Gasteiger partial charge in [0.15, 0.2) is 5.43 Å². The lowest BCUT2D eigenvalue weighted by molar-refractivity contribution is 0.0970. The van der Waals surface area contributed by atoms with Gasteiger partial charge in [-0.3, -0.25) is 14.5 Å². The summed E-state index contributed by atoms with van der Waals surface area (Å²) in [4.78, 5) is 32.7. The number of fused-ring (bicyclic) bond motifs is 2. The number of aromatic nitrogens is 1. The Morgan fingerprint density at radius 3 is 2.43 bits per heavy atom.